The van der Waals surface area contributed by atoms with Crippen molar-refractivity contribution >= 4 is 55.3 Å². The van der Waals surface area contributed by atoms with Crippen LogP contribution < -0.4 is 4.90 Å². The van der Waals surface area contributed by atoms with Crippen LogP contribution in [0.15, 0.2) is 24.3 Å². The van der Waals surface area contributed by atoms with Gasteiger partial charge in [-0.2, -0.15) is 0 Å². The molecule has 2 aliphatic rings. The summed E-state index contributed by atoms with van der Waals surface area (Å²) in [7, 11) is 0. The molecule has 2 amide bonds. The third-order valence-electron chi connectivity index (χ3n) is 5.75. The van der Waals surface area contributed by atoms with Gasteiger partial charge in [0.1, 0.15) is 0 Å². The second-order valence-corrected chi connectivity index (χ2v) is 10.2. The minimum Gasteiger partial charge on any atom is -0.462 e. The van der Waals surface area contributed by atoms with Crippen molar-refractivity contribution in [1.82, 2.24) is 0 Å². The Bertz CT molecular complexity index is 724. The number of hydrogen-bond acceptors (Lipinski definition) is 4. The Morgan fingerprint density at radius 1 is 0.966 bits per heavy atom. The number of fused-ring (bicyclic) bond motifs is 1. The molecule has 2 fully saturated rings. The van der Waals surface area contributed by atoms with E-state index in [2.05, 4.69) is 38.8 Å². The highest BCUT2D eigenvalue weighted by molar-refractivity contribution is 9.12. The zero-order valence-corrected chi connectivity index (χ0v) is 19.8. The van der Waals surface area contributed by atoms with E-state index in [9.17, 15) is 14.4 Å². The van der Waals surface area contributed by atoms with Gasteiger partial charge in [0, 0.05) is 9.65 Å². The van der Waals surface area contributed by atoms with E-state index in [1.807, 2.05) is 0 Å². The normalized spacial score (nSPS) is 26.5. The molecule has 0 N–H and O–H groups in total. The van der Waals surface area contributed by atoms with E-state index in [-0.39, 0.29) is 39.3 Å². The summed E-state index contributed by atoms with van der Waals surface area (Å²) in [5.74, 6) is -1.22. The summed E-state index contributed by atoms with van der Waals surface area (Å²) in [5.41, 5.74) is 0.947. The number of carbonyl (C=O) groups excluding carboxylic acids is 3. The van der Waals surface area contributed by atoms with Gasteiger partial charge in [-0.05, 0) is 43.5 Å². The zero-order chi connectivity index (χ0) is 21.0. The number of anilines is 1. The molecule has 7 heteroatoms. The fraction of sp³-hybridized carbons (Fsp3) is 0.591. The van der Waals surface area contributed by atoms with E-state index < -0.39 is 0 Å². The molecule has 5 nitrogen and oxygen atoms in total. The summed E-state index contributed by atoms with van der Waals surface area (Å²) in [4.78, 5) is 39.5. The first-order valence-electron chi connectivity index (χ1n) is 10.4. The van der Waals surface area contributed by atoms with Gasteiger partial charge in [0.05, 0.1) is 29.7 Å². The molecule has 0 aromatic heterocycles. The predicted molar refractivity (Wildman–Crippen MR) is 120 cm³/mol. The maximum atomic E-state index is 12.8. The van der Waals surface area contributed by atoms with Gasteiger partial charge in [-0.3, -0.25) is 14.5 Å². The van der Waals surface area contributed by atoms with Crippen molar-refractivity contribution in [2.24, 2.45) is 11.8 Å². The lowest BCUT2D eigenvalue weighted by Crippen LogP contribution is -2.34. The first kappa shape index (κ1) is 22.5. The minimum atomic E-state index is -0.371. The minimum absolute atomic E-state index is 0.147. The quantitative estimate of drug-likeness (QED) is 0.200. The summed E-state index contributed by atoms with van der Waals surface area (Å²) in [5, 5.41) is 0. The number of unbranched alkanes of at least 4 members (excludes halogenated alkanes) is 4. The number of imide groups is 1. The number of rotatable bonds is 8. The average molecular weight is 529 g/mol. The van der Waals surface area contributed by atoms with Crippen LogP contribution >= 0.6 is 31.9 Å². The highest BCUT2D eigenvalue weighted by Gasteiger charge is 2.52. The monoisotopic (exact) mass is 527 g/mol. The number of halogens is 2. The molecular weight excluding hydrogens is 502 g/mol. The molecule has 1 aromatic rings. The van der Waals surface area contributed by atoms with Gasteiger partial charge in [0.15, 0.2) is 0 Å². The van der Waals surface area contributed by atoms with Crippen molar-refractivity contribution in [1.29, 1.82) is 0 Å². The van der Waals surface area contributed by atoms with Crippen LogP contribution in [0, 0.1) is 11.8 Å². The Balaban J connectivity index is 1.59. The number of carbonyl (C=O) groups is 3. The standard InChI is InChI=1S/C22H27Br2NO4/c1-2-3-4-5-6-11-29-22(28)14-7-9-15(10-8-14)25-20(26)16-12-18(23)19(24)13-17(16)21(25)27/h7-10,16-19H,2-6,11-13H2,1H3/t16-,17+,18+,19-. The van der Waals surface area contributed by atoms with Gasteiger partial charge in [-0.1, -0.05) is 64.5 Å². The molecule has 3 rings (SSSR count). The summed E-state index contributed by atoms with van der Waals surface area (Å²) in [6, 6.07) is 6.56. The fourth-order valence-corrected chi connectivity index (χ4v) is 5.29. The number of benzene rings is 1. The molecule has 1 aliphatic carbocycles. The number of hydrogen-bond donors (Lipinski definition) is 0. The topological polar surface area (TPSA) is 63.7 Å². The first-order chi connectivity index (χ1) is 13.9. The van der Waals surface area contributed by atoms with Gasteiger partial charge in [-0.25, -0.2) is 4.79 Å². The number of amides is 2. The van der Waals surface area contributed by atoms with Crippen LogP contribution in [-0.2, 0) is 14.3 Å². The first-order valence-corrected chi connectivity index (χ1v) is 12.2. The van der Waals surface area contributed by atoms with Crippen LogP contribution in [0.5, 0.6) is 0 Å². The molecule has 1 saturated carbocycles. The molecule has 0 radical (unpaired) electrons. The molecule has 1 aliphatic heterocycles. The Hall–Kier alpha value is -1.21. The van der Waals surface area contributed by atoms with Crippen molar-refractivity contribution in [3.8, 4) is 0 Å². The lowest BCUT2D eigenvalue weighted by Gasteiger charge is -2.29. The third-order valence-corrected chi connectivity index (χ3v) is 8.49. The van der Waals surface area contributed by atoms with Crippen molar-refractivity contribution in [3.63, 3.8) is 0 Å². The molecule has 1 aromatic carbocycles. The van der Waals surface area contributed by atoms with Crippen molar-refractivity contribution in [2.75, 3.05) is 11.5 Å². The Kier molecular flexibility index (Phi) is 7.91. The van der Waals surface area contributed by atoms with Crippen molar-refractivity contribution in [3.05, 3.63) is 29.8 Å². The summed E-state index contributed by atoms with van der Waals surface area (Å²) in [6.45, 7) is 2.58. The molecule has 0 unspecified atom stereocenters. The van der Waals surface area contributed by atoms with E-state index in [0.717, 1.165) is 19.3 Å². The van der Waals surface area contributed by atoms with Crippen LogP contribution in [0.2, 0.25) is 0 Å². The summed E-state index contributed by atoms with van der Waals surface area (Å²) < 4.78 is 5.32. The molecule has 0 spiro atoms. The van der Waals surface area contributed by atoms with E-state index >= 15 is 0 Å². The largest absolute Gasteiger partial charge is 0.462 e. The fourth-order valence-electron chi connectivity index (χ4n) is 4.05. The highest BCUT2D eigenvalue weighted by Crippen LogP contribution is 2.44. The average Bonchev–Trinajstić information content (AvgIpc) is 2.95. The highest BCUT2D eigenvalue weighted by atomic mass is 79.9. The summed E-state index contributed by atoms with van der Waals surface area (Å²) >= 11 is 7.19. The van der Waals surface area contributed by atoms with Crippen LogP contribution in [0.3, 0.4) is 0 Å². The number of alkyl halides is 2. The van der Waals surface area contributed by atoms with Crippen LogP contribution in [0.25, 0.3) is 0 Å². The van der Waals surface area contributed by atoms with Crippen molar-refractivity contribution < 1.29 is 19.1 Å². The molecule has 4 atom stereocenters. The maximum Gasteiger partial charge on any atom is 0.338 e. The van der Waals surface area contributed by atoms with E-state index in [4.69, 9.17) is 4.74 Å². The molecule has 0 bridgehead atoms. The number of ether oxygens (including phenoxy) is 1. The second kappa shape index (κ2) is 10.2. The molecule has 29 heavy (non-hydrogen) atoms. The van der Waals surface area contributed by atoms with E-state index in [1.54, 1.807) is 24.3 Å². The third kappa shape index (κ3) is 5.10. The van der Waals surface area contributed by atoms with Crippen molar-refractivity contribution in [2.45, 2.75) is 61.5 Å². The Labute approximate surface area is 188 Å². The zero-order valence-electron chi connectivity index (χ0n) is 16.6. The van der Waals surface area contributed by atoms with Gasteiger partial charge in [0.25, 0.3) is 0 Å². The Morgan fingerprint density at radius 3 is 2.07 bits per heavy atom. The molecule has 158 valence electrons. The van der Waals surface area contributed by atoms with Gasteiger partial charge < -0.3 is 4.74 Å². The molecule has 1 heterocycles. The lowest BCUT2D eigenvalue weighted by molar-refractivity contribution is -0.122. The Morgan fingerprint density at radius 2 is 1.52 bits per heavy atom. The lowest BCUT2D eigenvalue weighted by atomic mass is 9.81. The number of nitrogens with zero attached hydrogens (tertiary/aromatic N) is 1. The maximum absolute atomic E-state index is 12.8. The number of esters is 1. The molecule has 1 saturated heterocycles. The summed E-state index contributed by atoms with van der Waals surface area (Å²) in [6.07, 6.45) is 6.77. The van der Waals surface area contributed by atoms with E-state index in [0.29, 0.717) is 30.7 Å². The second-order valence-electron chi connectivity index (χ2n) is 7.83. The van der Waals surface area contributed by atoms with Crippen LogP contribution in [0.4, 0.5) is 5.69 Å². The van der Waals surface area contributed by atoms with Gasteiger partial charge in [-0.15, -0.1) is 0 Å². The van der Waals surface area contributed by atoms with Crippen LogP contribution in [0.1, 0.15) is 62.2 Å². The predicted octanol–water partition coefficient (Wildman–Crippen LogP) is 5.24. The van der Waals surface area contributed by atoms with E-state index in [1.165, 1.54) is 17.7 Å². The SMILES string of the molecule is CCCCCCCOC(=O)c1ccc(N2C(=O)[C@H]3C[C@@H](Br)[C@@H](Br)C[C@H]3C2=O)cc1. The van der Waals surface area contributed by atoms with Gasteiger partial charge >= 0.3 is 5.97 Å². The smallest absolute Gasteiger partial charge is 0.338 e. The van der Waals surface area contributed by atoms with Gasteiger partial charge in [0.2, 0.25) is 11.8 Å². The van der Waals surface area contributed by atoms with Crippen LogP contribution in [-0.4, -0.2) is 34.0 Å². The molecular formula is C22H27Br2NO4.